The first-order valence-electron chi connectivity index (χ1n) is 18.7. The summed E-state index contributed by atoms with van der Waals surface area (Å²) in [4.78, 5) is 76.3. The number of alkyl carbamates (subject to hydrolysis) is 1. The summed E-state index contributed by atoms with van der Waals surface area (Å²) in [5.74, 6) is 0.322. The number of rotatable bonds is 8. The van der Waals surface area contributed by atoms with Crippen LogP contribution in [-0.4, -0.2) is 82.5 Å². The molecule has 0 bridgehead atoms. The van der Waals surface area contributed by atoms with Crippen LogP contribution in [0.25, 0.3) is 22.4 Å². The SMILES string of the molecule is COC(=O)N[C@H]1CCc2cccc3c2N(C1=O)[C@H](c1ncc(-c2ccc(-c4ccc(C(=O)CNC(=O)C5C6CC6CN5C(=O)OC(C)(C)C)cc4)cc2)[nH]1)C3. The number of benzene rings is 3. The number of likely N-dealkylation sites (tertiary alicyclic amines) is 1. The third kappa shape index (κ3) is 7.06. The number of Topliss-reactive ketones (excluding diaryl/α,β-unsaturated/α-hetero) is 1. The largest absolute Gasteiger partial charge is 0.453 e. The molecule has 4 heterocycles. The van der Waals surface area contributed by atoms with Crippen molar-refractivity contribution in [3.05, 3.63) is 95.4 Å². The molecule has 1 aromatic heterocycles. The van der Waals surface area contributed by atoms with Gasteiger partial charge in [0.15, 0.2) is 5.78 Å². The van der Waals surface area contributed by atoms with E-state index in [1.54, 1.807) is 44.0 Å². The number of aromatic nitrogens is 2. The van der Waals surface area contributed by atoms with Gasteiger partial charge in [-0.2, -0.15) is 0 Å². The Bertz CT molecular complexity index is 2170. The average molecular weight is 745 g/mol. The highest BCUT2D eigenvalue weighted by Gasteiger charge is 2.57. The van der Waals surface area contributed by atoms with Gasteiger partial charge in [0, 0.05) is 18.5 Å². The van der Waals surface area contributed by atoms with Gasteiger partial charge in [0.25, 0.3) is 0 Å². The zero-order valence-electron chi connectivity index (χ0n) is 31.3. The maximum Gasteiger partial charge on any atom is 0.410 e. The third-order valence-corrected chi connectivity index (χ3v) is 11.0. The Kier molecular flexibility index (Phi) is 9.18. The Hall–Kier alpha value is -5.98. The number of imidazole rings is 1. The lowest BCUT2D eigenvalue weighted by molar-refractivity contribution is -0.126. The molecular formula is C42H44N6O7. The van der Waals surface area contributed by atoms with Gasteiger partial charge in [0.1, 0.15) is 23.5 Å². The van der Waals surface area contributed by atoms with Crippen molar-refractivity contribution in [2.24, 2.45) is 11.8 Å². The molecule has 2 fully saturated rings. The van der Waals surface area contributed by atoms with E-state index >= 15 is 0 Å². The molecule has 1 aliphatic carbocycles. The summed E-state index contributed by atoms with van der Waals surface area (Å²) >= 11 is 0. The Morgan fingerprint density at radius 3 is 2.35 bits per heavy atom. The van der Waals surface area contributed by atoms with Crippen LogP contribution in [0, 0.1) is 11.8 Å². The Balaban J connectivity index is 0.907. The van der Waals surface area contributed by atoms with Gasteiger partial charge in [-0.05, 0) is 79.7 Å². The third-order valence-electron chi connectivity index (χ3n) is 11.0. The van der Waals surface area contributed by atoms with Crippen molar-refractivity contribution in [2.75, 3.05) is 25.1 Å². The molecule has 3 N–H and O–H groups in total. The fraction of sp³-hybridized carbons (Fsp3) is 0.381. The van der Waals surface area contributed by atoms with Gasteiger partial charge in [-0.1, -0.05) is 66.7 Å². The number of nitrogens with one attached hydrogen (secondary N) is 3. The van der Waals surface area contributed by atoms with E-state index in [1.807, 2.05) is 54.6 Å². The zero-order chi connectivity index (χ0) is 38.6. The van der Waals surface area contributed by atoms with E-state index in [0.29, 0.717) is 43.1 Å². The van der Waals surface area contributed by atoms with Gasteiger partial charge >= 0.3 is 12.2 Å². The number of ketones is 1. The number of carbonyl (C=O) groups excluding carboxylic acids is 5. The number of anilines is 1. The van der Waals surface area contributed by atoms with Crippen LogP contribution < -0.4 is 15.5 Å². The van der Waals surface area contributed by atoms with E-state index in [2.05, 4.69) is 15.6 Å². The monoisotopic (exact) mass is 744 g/mol. The second kappa shape index (κ2) is 14.0. The predicted octanol–water partition coefficient (Wildman–Crippen LogP) is 5.60. The molecule has 4 aliphatic rings. The summed E-state index contributed by atoms with van der Waals surface area (Å²) in [5.41, 5.74) is 6.44. The normalized spacial score (nSPS) is 22.3. The van der Waals surface area contributed by atoms with Crippen molar-refractivity contribution in [3.63, 3.8) is 0 Å². The van der Waals surface area contributed by atoms with E-state index in [0.717, 1.165) is 45.6 Å². The fourth-order valence-electron chi connectivity index (χ4n) is 8.21. The lowest BCUT2D eigenvalue weighted by Crippen LogP contribution is -2.50. The number of fused-ring (bicyclic) bond motifs is 1. The van der Waals surface area contributed by atoms with Gasteiger partial charge in [-0.15, -0.1) is 0 Å². The van der Waals surface area contributed by atoms with Crippen LogP contribution in [0.2, 0.25) is 0 Å². The molecule has 1 saturated carbocycles. The number of ether oxygens (including phenoxy) is 2. The fourth-order valence-corrected chi connectivity index (χ4v) is 8.21. The number of para-hydroxylation sites is 1. The van der Waals surface area contributed by atoms with E-state index in [-0.39, 0.29) is 36.1 Å². The first-order valence-corrected chi connectivity index (χ1v) is 18.7. The number of hydrogen-bond acceptors (Lipinski definition) is 8. The number of aryl methyl sites for hydroxylation is 1. The van der Waals surface area contributed by atoms with Gasteiger partial charge in [0.05, 0.1) is 37.3 Å². The average Bonchev–Trinajstić information content (AvgIpc) is 3.47. The number of piperidine rings is 1. The predicted molar refractivity (Wildman–Crippen MR) is 203 cm³/mol. The van der Waals surface area contributed by atoms with Crippen LogP contribution in [0.1, 0.15) is 67.0 Å². The quantitative estimate of drug-likeness (QED) is 0.197. The number of amides is 4. The molecule has 0 radical (unpaired) electrons. The number of aromatic amines is 1. The minimum absolute atomic E-state index is 0.105. The molecule has 13 heteroatoms. The molecular weight excluding hydrogens is 700 g/mol. The van der Waals surface area contributed by atoms with Crippen molar-refractivity contribution in [3.8, 4) is 22.4 Å². The molecule has 13 nitrogen and oxygen atoms in total. The van der Waals surface area contributed by atoms with E-state index in [9.17, 15) is 24.0 Å². The first kappa shape index (κ1) is 36.0. The number of nitrogens with zero attached hydrogens (tertiary/aromatic N) is 3. The van der Waals surface area contributed by atoms with Crippen molar-refractivity contribution < 1.29 is 33.4 Å². The smallest absolute Gasteiger partial charge is 0.410 e. The molecule has 1 saturated heterocycles. The second-order valence-corrected chi connectivity index (χ2v) is 15.8. The van der Waals surface area contributed by atoms with E-state index < -0.39 is 29.9 Å². The zero-order valence-corrected chi connectivity index (χ0v) is 31.3. The maximum absolute atomic E-state index is 13.9. The molecule has 3 aliphatic heterocycles. The van der Waals surface area contributed by atoms with Crippen molar-refractivity contribution in [1.29, 1.82) is 0 Å². The van der Waals surface area contributed by atoms with Gasteiger partial charge in [0.2, 0.25) is 11.8 Å². The summed E-state index contributed by atoms with van der Waals surface area (Å²) < 4.78 is 10.3. The lowest BCUT2D eigenvalue weighted by atomic mass is 10.0. The molecule has 0 spiro atoms. The Morgan fingerprint density at radius 1 is 0.945 bits per heavy atom. The Labute approximate surface area is 318 Å². The molecule has 3 aromatic carbocycles. The highest BCUT2D eigenvalue weighted by atomic mass is 16.6. The summed E-state index contributed by atoms with van der Waals surface area (Å²) in [5, 5.41) is 5.47. The summed E-state index contributed by atoms with van der Waals surface area (Å²) in [6.45, 7) is 5.71. The highest BCUT2D eigenvalue weighted by molar-refractivity contribution is 6.03. The number of carbonyl (C=O) groups is 5. The standard InChI is InChI=1S/C42H44N6O7/c1-42(2,3)55-41(53)47-22-29-18-30(29)36(47)38(50)44-21-34(49)26-14-10-24(11-15-26)23-8-12-25(13-9-23)32-20-43-37(45-32)33-19-28-7-5-6-27-16-17-31(46-40(52)54-4)39(51)48(33)35(27)28/h5-15,20,29-31,33,36H,16-19,21-22H2,1-4H3,(H,43,45)(H,44,50)(H,46,52)/t29?,30?,31-,33-,36?/m0/s1. The van der Waals surface area contributed by atoms with Crippen LogP contribution in [0.4, 0.5) is 15.3 Å². The number of H-pyrrole nitrogens is 1. The second-order valence-electron chi connectivity index (χ2n) is 15.8. The molecule has 5 atom stereocenters. The summed E-state index contributed by atoms with van der Waals surface area (Å²) in [6, 6.07) is 19.6. The van der Waals surface area contributed by atoms with Gasteiger partial charge in [-0.25, -0.2) is 14.6 Å². The number of methoxy groups -OCH3 is 1. The minimum atomic E-state index is -0.714. The van der Waals surface area contributed by atoms with Gasteiger partial charge < -0.3 is 25.1 Å². The topological polar surface area (TPSA) is 163 Å². The lowest BCUT2D eigenvalue weighted by Gasteiger charge is -2.29. The Morgan fingerprint density at radius 2 is 1.64 bits per heavy atom. The van der Waals surface area contributed by atoms with Gasteiger partial charge in [-0.3, -0.25) is 24.2 Å². The van der Waals surface area contributed by atoms with Crippen LogP contribution in [0.5, 0.6) is 0 Å². The number of hydrogen-bond donors (Lipinski definition) is 3. The first-order chi connectivity index (χ1) is 26.4. The molecule has 4 aromatic rings. The molecule has 4 amide bonds. The van der Waals surface area contributed by atoms with Crippen LogP contribution >= 0.6 is 0 Å². The van der Waals surface area contributed by atoms with Crippen LogP contribution in [0.15, 0.2) is 72.9 Å². The molecule has 3 unspecified atom stereocenters. The van der Waals surface area contributed by atoms with Crippen molar-refractivity contribution in [2.45, 2.75) is 70.2 Å². The van der Waals surface area contributed by atoms with Crippen molar-refractivity contribution in [1.82, 2.24) is 25.5 Å². The van der Waals surface area contributed by atoms with Crippen LogP contribution in [-0.2, 0) is 31.9 Å². The van der Waals surface area contributed by atoms with Crippen LogP contribution in [0.3, 0.4) is 0 Å². The molecule has 55 heavy (non-hydrogen) atoms. The molecule has 8 rings (SSSR count). The highest BCUT2D eigenvalue weighted by Crippen LogP contribution is 2.50. The molecule has 284 valence electrons. The van der Waals surface area contributed by atoms with E-state index in [4.69, 9.17) is 14.5 Å². The maximum atomic E-state index is 13.9. The van der Waals surface area contributed by atoms with Crippen molar-refractivity contribution >= 4 is 35.5 Å². The van der Waals surface area contributed by atoms with E-state index in [1.165, 1.54) is 12.0 Å². The summed E-state index contributed by atoms with van der Waals surface area (Å²) in [6.07, 6.45) is 3.25. The summed E-state index contributed by atoms with van der Waals surface area (Å²) in [7, 11) is 1.28. The minimum Gasteiger partial charge on any atom is -0.453 e.